The topological polar surface area (TPSA) is 96.2 Å². The van der Waals surface area contributed by atoms with Gasteiger partial charge in [-0.1, -0.05) is 6.92 Å². The van der Waals surface area contributed by atoms with Crippen molar-refractivity contribution in [2.45, 2.75) is 39.6 Å². The normalized spacial score (nSPS) is 14.9. The van der Waals surface area contributed by atoms with E-state index in [0.29, 0.717) is 17.9 Å². The van der Waals surface area contributed by atoms with Crippen LogP contribution in [-0.4, -0.2) is 44.4 Å². The van der Waals surface area contributed by atoms with Crippen molar-refractivity contribution in [3.8, 4) is 28.9 Å². The smallest absolute Gasteiger partial charge is 0.413 e. The average molecular weight is 501 g/mol. The van der Waals surface area contributed by atoms with Gasteiger partial charge in [0.2, 0.25) is 11.7 Å². The van der Waals surface area contributed by atoms with Crippen molar-refractivity contribution in [1.29, 1.82) is 0 Å². The van der Waals surface area contributed by atoms with Gasteiger partial charge in [-0.05, 0) is 61.6 Å². The van der Waals surface area contributed by atoms with Gasteiger partial charge in [-0.25, -0.2) is 14.6 Å². The number of alkyl halides is 3. The summed E-state index contributed by atoms with van der Waals surface area (Å²) in [7, 11) is 0. The van der Waals surface area contributed by atoms with E-state index in [9.17, 15) is 13.2 Å². The minimum atomic E-state index is -4.76. The number of nitrogens with zero attached hydrogens (tertiary/aromatic N) is 6. The number of piperidine rings is 1. The fourth-order valence-electron chi connectivity index (χ4n) is 4.09. The zero-order valence-electron chi connectivity index (χ0n) is 19.8. The molecule has 0 bridgehead atoms. The minimum Gasteiger partial charge on any atom is -0.413 e. The Morgan fingerprint density at radius 2 is 1.81 bits per heavy atom. The van der Waals surface area contributed by atoms with Gasteiger partial charge < -0.3 is 9.15 Å². The van der Waals surface area contributed by atoms with E-state index in [1.54, 1.807) is 4.68 Å². The zero-order valence-corrected chi connectivity index (χ0v) is 19.8. The number of aromatic amines is 1. The lowest BCUT2D eigenvalue weighted by Crippen LogP contribution is -2.36. The molecule has 1 fully saturated rings. The van der Waals surface area contributed by atoms with E-state index in [-0.39, 0.29) is 23.4 Å². The van der Waals surface area contributed by atoms with E-state index in [1.165, 1.54) is 37.1 Å². The number of aryl methyl sites for hydroxylation is 1. The Morgan fingerprint density at radius 3 is 2.53 bits per heavy atom. The maximum Gasteiger partial charge on any atom is 0.573 e. The minimum absolute atomic E-state index is 0.118. The molecule has 188 valence electrons. The number of rotatable bonds is 6. The maximum atomic E-state index is 12.4. The Hall–Kier alpha value is -3.96. The van der Waals surface area contributed by atoms with Crippen LogP contribution in [-0.2, 0) is 6.54 Å². The number of benzene rings is 1. The molecule has 1 aliphatic heterocycles. The summed E-state index contributed by atoms with van der Waals surface area (Å²) >= 11 is 0. The molecule has 1 aromatic carbocycles. The van der Waals surface area contributed by atoms with E-state index in [0.717, 1.165) is 30.4 Å². The lowest BCUT2D eigenvalue weighted by Gasteiger charge is -2.25. The molecule has 1 N–H and O–H groups in total. The number of H-pyrrole nitrogens is 1. The van der Waals surface area contributed by atoms with Gasteiger partial charge >= 0.3 is 6.36 Å². The molecule has 36 heavy (non-hydrogen) atoms. The highest BCUT2D eigenvalue weighted by molar-refractivity contribution is 5.55. The van der Waals surface area contributed by atoms with Crippen LogP contribution in [0.2, 0.25) is 0 Å². The first-order chi connectivity index (χ1) is 17.2. The third-order valence-corrected chi connectivity index (χ3v) is 6.12. The van der Waals surface area contributed by atoms with Gasteiger partial charge in [0.05, 0.1) is 25.8 Å². The van der Waals surface area contributed by atoms with E-state index in [1.807, 2.05) is 19.2 Å². The molecule has 9 nitrogen and oxygen atoms in total. The molecular formula is C24H25F3N7O2+. The number of hydrogen-bond donors (Lipinski definition) is 0. The summed E-state index contributed by atoms with van der Waals surface area (Å²) in [5, 5.41) is 12.5. The van der Waals surface area contributed by atoms with Crippen LogP contribution in [0.15, 0.2) is 47.0 Å². The molecule has 1 aliphatic rings. The molecule has 0 saturated carbocycles. The Kier molecular flexibility index (Phi) is 6.33. The number of nitrogens with one attached hydrogen (secondary N) is 1. The Labute approximate surface area is 204 Å². The monoisotopic (exact) mass is 500 g/mol. The van der Waals surface area contributed by atoms with Crippen molar-refractivity contribution in [1.82, 2.24) is 25.0 Å². The van der Waals surface area contributed by atoms with Crippen molar-refractivity contribution in [3.05, 3.63) is 54.0 Å². The van der Waals surface area contributed by atoms with Crippen LogP contribution in [0.5, 0.6) is 5.75 Å². The highest BCUT2D eigenvalue weighted by Crippen LogP contribution is 2.27. The lowest BCUT2D eigenvalue weighted by molar-refractivity contribution is -0.364. The molecule has 4 aromatic rings. The predicted octanol–water partition coefficient (Wildman–Crippen LogP) is 4.30. The number of ether oxygens (including phenoxy) is 1. The van der Waals surface area contributed by atoms with Gasteiger partial charge in [-0.15, -0.1) is 28.5 Å². The summed E-state index contributed by atoms with van der Waals surface area (Å²) in [6, 6.07) is 9.31. The number of pyridine rings is 1. The molecule has 0 aliphatic carbocycles. The standard InChI is InChI=1S/C24H24F3N7O2/c1-15-8-11-33(12-9-15)20-13-17(7-10-28-20)14-34-16(2)29-21(32-34)23-31-30-22(35-23)18-3-5-19(6-4-18)36-24(25,26)27/h3-7,10,13,15H,8-9,11-12,14H2,1-2H3/p+1. The first kappa shape index (κ1) is 23.8. The van der Waals surface area contributed by atoms with E-state index in [4.69, 9.17) is 4.42 Å². The van der Waals surface area contributed by atoms with Crippen LogP contribution in [0.4, 0.5) is 19.0 Å². The third kappa shape index (κ3) is 5.47. The first-order valence-electron chi connectivity index (χ1n) is 11.6. The predicted molar refractivity (Wildman–Crippen MR) is 123 cm³/mol. The number of anilines is 1. The molecule has 0 atom stereocenters. The van der Waals surface area contributed by atoms with Gasteiger partial charge in [0.15, 0.2) is 0 Å². The number of halogens is 3. The van der Waals surface area contributed by atoms with E-state index < -0.39 is 6.36 Å². The molecule has 4 heterocycles. The fraction of sp³-hybridized carbons (Fsp3) is 0.375. The molecule has 5 rings (SSSR count). The Morgan fingerprint density at radius 1 is 1.08 bits per heavy atom. The first-order valence-corrected chi connectivity index (χ1v) is 11.6. The fourth-order valence-corrected chi connectivity index (χ4v) is 4.09. The van der Waals surface area contributed by atoms with E-state index >= 15 is 0 Å². The molecule has 3 aromatic heterocycles. The van der Waals surface area contributed by atoms with Gasteiger partial charge in [-0.3, -0.25) is 4.90 Å². The Bertz CT molecular complexity index is 1330. The highest BCUT2D eigenvalue weighted by atomic mass is 19.4. The van der Waals surface area contributed by atoms with Crippen molar-refractivity contribution >= 4 is 5.82 Å². The summed E-state index contributed by atoms with van der Waals surface area (Å²) < 4.78 is 48.4. The molecule has 1 saturated heterocycles. The van der Waals surface area contributed by atoms with Crippen LogP contribution in [0.25, 0.3) is 23.2 Å². The van der Waals surface area contributed by atoms with E-state index in [2.05, 4.69) is 47.9 Å². The largest absolute Gasteiger partial charge is 0.573 e. The second-order valence-corrected chi connectivity index (χ2v) is 8.88. The van der Waals surface area contributed by atoms with Crippen LogP contribution < -0.4 is 14.6 Å². The summed E-state index contributed by atoms with van der Waals surface area (Å²) in [4.78, 5) is 10.2. The third-order valence-electron chi connectivity index (χ3n) is 6.12. The molecular weight excluding hydrogens is 475 g/mol. The van der Waals surface area contributed by atoms with Crippen molar-refractivity contribution in [2.75, 3.05) is 18.0 Å². The molecule has 0 unspecified atom stereocenters. The Balaban J connectivity index is 1.29. The number of aromatic nitrogens is 6. The quantitative estimate of drug-likeness (QED) is 0.389. The number of hydrogen-bond acceptors (Lipinski definition) is 7. The average Bonchev–Trinajstić information content (AvgIpc) is 3.47. The maximum absolute atomic E-state index is 12.4. The van der Waals surface area contributed by atoms with Crippen LogP contribution in [0.1, 0.15) is 31.2 Å². The highest BCUT2D eigenvalue weighted by Gasteiger charge is 2.31. The SMILES string of the molecule is Cc1nc(-c2nnc(-c3ccc(OC(F)(F)F)cc3)o2)nn1Cc1cc[nH+]c(N2CCC(C)CC2)c1. The molecule has 12 heteroatoms. The molecule has 0 radical (unpaired) electrons. The lowest BCUT2D eigenvalue weighted by atomic mass is 9.99. The van der Waals surface area contributed by atoms with Crippen LogP contribution >= 0.6 is 0 Å². The molecule has 0 amide bonds. The van der Waals surface area contributed by atoms with Crippen molar-refractivity contribution in [2.24, 2.45) is 5.92 Å². The van der Waals surface area contributed by atoms with Gasteiger partial charge in [0.25, 0.3) is 11.7 Å². The summed E-state index contributed by atoms with van der Waals surface area (Å²) in [6.07, 6.45) is -0.457. The second kappa shape index (κ2) is 9.59. The summed E-state index contributed by atoms with van der Waals surface area (Å²) in [5.74, 6) is 2.72. The van der Waals surface area contributed by atoms with Crippen molar-refractivity contribution < 1.29 is 27.3 Å². The zero-order chi connectivity index (χ0) is 25.3. The second-order valence-electron chi connectivity index (χ2n) is 8.88. The summed E-state index contributed by atoms with van der Waals surface area (Å²) in [5.41, 5.74) is 1.52. The van der Waals surface area contributed by atoms with Crippen molar-refractivity contribution in [3.63, 3.8) is 0 Å². The molecule has 0 spiro atoms. The van der Waals surface area contributed by atoms with Gasteiger partial charge in [0.1, 0.15) is 11.6 Å². The summed E-state index contributed by atoms with van der Waals surface area (Å²) in [6.45, 7) is 6.72. The van der Waals surface area contributed by atoms with Crippen LogP contribution in [0.3, 0.4) is 0 Å². The van der Waals surface area contributed by atoms with Gasteiger partial charge in [-0.2, -0.15) is 0 Å². The van der Waals surface area contributed by atoms with Gasteiger partial charge in [0, 0.05) is 11.6 Å². The van der Waals surface area contributed by atoms with Crippen LogP contribution in [0, 0.1) is 12.8 Å².